The molecule has 0 heterocycles. The molecule has 0 amide bonds. The zero-order valence-electron chi connectivity index (χ0n) is 11.8. The molecular formula is C15H25NO. The van der Waals surface area contributed by atoms with Gasteiger partial charge >= 0.3 is 0 Å². The smallest absolute Gasteiger partial charge is 0.122 e. The minimum absolute atomic E-state index is 0.264. The molecule has 96 valence electrons. The first-order valence-corrected chi connectivity index (χ1v) is 6.24. The van der Waals surface area contributed by atoms with Gasteiger partial charge in [-0.05, 0) is 61.4 Å². The Morgan fingerprint density at radius 3 is 2.35 bits per heavy atom. The fraction of sp³-hybridized carbons (Fsp3) is 0.600. The molecule has 0 saturated carbocycles. The first-order chi connectivity index (χ1) is 7.91. The van der Waals surface area contributed by atoms with Gasteiger partial charge in [-0.3, -0.25) is 0 Å². The van der Waals surface area contributed by atoms with E-state index in [2.05, 4.69) is 39.8 Å². The second-order valence-corrected chi connectivity index (χ2v) is 5.56. The van der Waals surface area contributed by atoms with Crippen LogP contribution in [0.15, 0.2) is 12.1 Å². The molecule has 0 unspecified atom stereocenters. The maximum Gasteiger partial charge on any atom is 0.122 e. The Morgan fingerprint density at radius 1 is 1.18 bits per heavy atom. The zero-order valence-corrected chi connectivity index (χ0v) is 11.8. The van der Waals surface area contributed by atoms with Crippen molar-refractivity contribution >= 4 is 0 Å². The Kier molecular flexibility index (Phi) is 4.58. The standard InChI is InChI=1S/C15H25NO/c1-11-12(2)14(17-5)7-6-13(11)10-15(3,4)8-9-16/h6-7H,8-10,16H2,1-5H3. The van der Waals surface area contributed by atoms with E-state index in [4.69, 9.17) is 10.5 Å². The van der Waals surface area contributed by atoms with Gasteiger partial charge in [0.2, 0.25) is 0 Å². The molecule has 1 aromatic carbocycles. The molecule has 2 heteroatoms. The number of rotatable bonds is 5. The highest BCUT2D eigenvalue weighted by Crippen LogP contribution is 2.30. The lowest BCUT2D eigenvalue weighted by atomic mass is 9.81. The number of nitrogens with two attached hydrogens (primary N) is 1. The maximum atomic E-state index is 5.66. The molecular weight excluding hydrogens is 210 g/mol. The number of hydrogen-bond donors (Lipinski definition) is 1. The molecule has 1 rings (SSSR count). The van der Waals surface area contributed by atoms with Crippen LogP contribution in [0.3, 0.4) is 0 Å². The van der Waals surface area contributed by atoms with E-state index in [1.807, 2.05) is 0 Å². The van der Waals surface area contributed by atoms with Gasteiger partial charge in [-0.15, -0.1) is 0 Å². The first-order valence-electron chi connectivity index (χ1n) is 6.24. The third kappa shape index (κ3) is 3.47. The summed E-state index contributed by atoms with van der Waals surface area (Å²) < 4.78 is 5.34. The summed E-state index contributed by atoms with van der Waals surface area (Å²) in [5.41, 5.74) is 9.92. The SMILES string of the molecule is COc1ccc(CC(C)(C)CCN)c(C)c1C. The summed E-state index contributed by atoms with van der Waals surface area (Å²) in [5.74, 6) is 0.975. The Labute approximate surface area is 105 Å². The summed E-state index contributed by atoms with van der Waals surface area (Å²) in [6, 6.07) is 4.25. The highest BCUT2D eigenvalue weighted by molar-refractivity contribution is 5.43. The number of hydrogen-bond acceptors (Lipinski definition) is 2. The highest BCUT2D eigenvalue weighted by atomic mass is 16.5. The van der Waals surface area contributed by atoms with Crippen LogP contribution < -0.4 is 10.5 Å². The van der Waals surface area contributed by atoms with E-state index in [1.165, 1.54) is 16.7 Å². The van der Waals surface area contributed by atoms with Crippen LogP contribution >= 0.6 is 0 Å². The summed E-state index contributed by atoms with van der Waals surface area (Å²) in [4.78, 5) is 0. The predicted octanol–water partition coefficient (Wildman–Crippen LogP) is 3.23. The monoisotopic (exact) mass is 235 g/mol. The van der Waals surface area contributed by atoms with Crippen molar-refractivity contribution < 1.29 is 4.74 Å². The van der Waals surface area contributed by atoms with Crippen LogP contribution in [-0.4, -0.2) is 13.7 Å². The quantitative estimate of drug-likeness (QED) is 0.850. The molecule has 0 saturated heterocycles. The van der Waals surface area contributed by atoms with Gasteiger partial charge in [0.25, 0.3) is 0 Å². The third-order valence-electron chi connectivity index (χ3n) is 3.56. The van der Waals surface area contributed by atoms with Crippen molar-refractivity contribution in [3.8, 4) is 5.75 Å². The van der Waals surface area contributed by atoms with E-state index in [1.54, 1.807) is 7.11 Å². The van der Waals surface area contributed by atoms with Gasteiger partial charge in [-0.1, -0.05) is 19.9 Å². The third-order valence-corrected chi connectivity index (χ3v) is 3.56. The molecule has 0 aliphatic heterocycles. The van der Waals surface area contributed by atoms with E-state index in [-0.39, 0.29) is 5.41 Å². The molecule has 0 aliphatic rings. The van der Waals surface area contributed by atoms with E-state index in [9.17, 15) is 0 Å². The lowest BCUT2D eigenvalue weighted by Crippen LogP contribution is -2.20. The van der Waals surface area contributed by atoms with Gasteiger partial charge in [-0.2, -0.15) is 0 Å². The van der Waals surface area contributed by atoms with Crippen LogP contribution in [-0.2, 0) is 6.42 Å². The van der Waals surface area contributed by atoms with Gasteiger partial charge in [0.1, 0.15) is 5.75 Å². The van der Waals surface area contributed by atoms with Gasteiger partial charge < -0.3 is 10.5 Å². The van der Waals surface area contributed by atoms with Crippen molar-refractivity contribution in [3.63, 3.8) is 0 Å². The largest absolute Gasteiger partial charge is 0.496 e. The molecule has 0 aliphatic carbocycles. The fourth-order valence-electron chi connectivity index (χ4n) is 2.26. The van der Waals surface area contributed by atoms with Gasteiger partial charge in [0.15, 0.2) is 0 Å². The van der Waals surface area contributed by atoms with Crippen molar-refractivity contribution in [1.82, 2.24) is 0 Å². The van der Waals surface area contributed by atoms with Crippen LogP contribution in [0.25, 0.3) is 0 Å². The molecule has 0 atom stereocenters. The maximum absolute atomic E-state index is 5.66. The van der Waals surface area contributed by atoms with E-state index >= 15 is 0 Å². The van der Waals surface area contributed by atoms with Gasteiger partial charge in [-0.25, -0.2) is 0 Å². The van der Waals surface area contributed by atoms with Crippen molar-refractivity contribution in [2.45, 2.75) is 40.5 Å². The fourth-order valence-corrected chi connectivity index (χ4v) is 2.26. The van der Waals surface area contributed by atoms with Crippen LogP contribution in [0.5, 0.6) is 5.75 Å². The molecule has 2 nitrogen and oxygen atoms in total. The summed E-state index contributed by atoms with van der Waals surface area (Å²) in [6.07, 6.45) is 2.12. The topological polar surface area (TPSA) is 35.2 Å². The lowest BCUT2D eigenvalue weighted by molar-refractivity contribution is 0.337. The molecule has 0 spiro atoms. The minimum Gasteiger partial charge on any atom is -0.496 e. The molecule has 0 radical (unpaired) electrons. The Bertz CT molecular complexity index is 383. The lowest BCUT2D eigenvalue weighted by Gasteiger charge is -2.25. The van der Waals surface area contributed by atoms with Gasteiger partial charge in [0, 0.05) is 0 Å². The molecule has 2 N–H and O–H groups in total. The average molecular weight is 235 g/mol. The van der Waals surface area contributed by atoms with Crippen molar-refractivity contribution in [2.24, 2.45) is 11.1 Å². The first kappa shape index (κ1) is 14.0. The number of ether oxygens (including phenoxy) is 1. The van der Waals surface area contributed by atoms with E-state index < -0.39 is 0 Å². The van der Waals surface area contributed by atoms with Crippen LogP contribution in [0.4, 0.5) is 0 Å². The van der Waals surface area contributed by atoms with Crippen LogP contribution in [0.2, 0.25) is 0 Å². The molecule has 0 aromatic heterocycles. The van der Waals surface area contributed by atoms with Crippen LogP contribution in [0.1, 0.15) is 37.0 Å². The number of methoxy groups -OCH3 is 1. The van der Waals surface area contributed by atoms with Crippen LogP contribution in [0, 0.1) is 19.3 Å². The summed E-state index contributed by atoms with van der Waals surface area (Å²) in [5, 5.41) is 0. The summed E-state index contributed by atoms with van der Waals surface area (Å²) in [6.45, 7) is 9.60. The Hall–Kier alpha value is -1.02. The Morgan fingerprint density at radius 2 is 1.82 bits per heavy atom. The normalized spacial score (nSPS) is 11.6. The van der Waals surface area contributed by atoms with Crippen molar-refractivity contribution in [2.75, 3.05) is 13.7 Å². The van der Waals surface area contributed by atoms with Crippen molar-refractivity contribution in [3.05, 3.63) is 28.8 Å². The van der Waals surface area contributed by atoms with E-state index in [0.717, 1.165) is 25.1 Å². The Balaban J connectivity index is 2.97. The number of benzene rings is 1. The summed E-state index contributed by atoms with van der Waals surface area (Å²) >= 11 is 0. The molecule has 1 aromatic rings. The molecule has 17 heavy (non-hydrogen) atoms. The zero-order chi connectivity index (χ0) is 13.1. The highest BCUT2D eigenvalue weighted by Gasteiger charge is 2.19. The van der Waals surface area contributed by atoms with E-state index in [0.29, 0.717) is 0 Å². The second-order valence-electron chi connectivity index (χ2n) is 5.56. The minimum atomic E-state index is 0.264. The predicted molar refractivity (Wildman–Crippen MR) is 73.6 cm³/mol. The molecule has 0 fully saturated rings. The summed E-state index contributed by atoms with van der Waals surface area (Å²) in [7, 11) is 1.72. The molecule has 0 bridgehead atoms. The second kappa shape index (κ2) is 5.54. The average Bonchev–Trinajstić information content (AvgIpc) is 2.25. The van der Waals surface area contributed by atoms with Gasteiger partial charge in [0.05, 0.1) is 7.11 Å². The van der Waals surface area contributed by atoms with Crippen molar-refractivity contribution in [1.29, 1.82) is 0 Å².